The standard InChI is InChI=1S/C20H19FN8O2/c1-28(20(30)31-2)15-16(22)25-18(26-17(15)23)14-12-7-5-9-24-19(12)29(27-14)10-11-6-3-4-8-13(11)21/h3-9H,10H2,1-2H3,(H4,22,23,25,26)/i1D3,2D3,3D,4D,6D,8D. The number of aromatic nitrogens is 5. The molecule has 1 amide bonds. The molecule has 11 heteroatoms. The van der Waals surface area contributed by atoms with E-state index in [2.05, 4.69) is 24.8 Å². The zero-order valence-electron chi connectivity index (χ0n) is 25.5. The summed E-state index contributed by atoms with van der Waals surface area (Å²) < 4.78 is 95.9. The van der Waals surface area contributed by atoms with Crippen molar-refractivity contribution in [1.82, 2.24) is 24.7 Å². The lowest BCUT2D eigenvalue weighted by atomic mass is 10.2. The molecule has 4 rings (SSSR count). The average Bonchev–Trinajstić information content (AvgIpc) is 3.22. The van der Waals surface area contributed by atoms with Crippen LogP contribution in [0, 0.1) is 5.82 Å². The third-order valence-corrected chi connectivity index (χ3v) is 4.17. The Morgan fingerprint density at radius 1 is 1.32 bits per heavy atom. The minimum atomic E-state index is -3.31. The van der Waals surface area contributed by atoms with Crippen LogP contribution < -0.4 is 16.4 Å². The van der Waals surface area contributed by atoms with Crippen LogP contribution in [0.2, 0.25) is 0 Å². The first-order valence-corrected chi connectivity index (χ1v) is 8.45. The van der Waals surface area contributed by atoms with E-state index in [0.29, 0.717) is 0 Å². The van der Waals surface area contributed by atoms with Gasteiger partial charge in [-0.25, -0.2) is 28.8 Å². The predicted molar refractivity (Wildman–Crippen MR) is 114 cm³/mol. The number of carbonyl (C=O) groups excluding carboxylic acids is 1. The van der Waals surface area contributed by atoms with Crippen molar-refractivity contribution in [2.75, 3.05) is 30.4 Å². The third-order valence-electron chi connectivity index (χ3n) is 4.17. The van der Waals surface area contributed by atoms with Crippen LogP contribution in [0.5, 0.6) is 0 Å². The first-order valence-electron chi connectivity index (χ1n) is 13.4. The number of halogens is 1. The van der Waals surface area contributed by atoms with Gasteiger partial charge in [-0.2, -0.15) is 5.10 Å². The number of anilines is 3. The molecule has 0 unspecified atom stereocenters. The minimum Gasteiger partial charge on any atom is -0.452 e. The Bertz CT molecular complexity index is 1640. The molecule has 10 nitrogen and oxygen atoms in total. The fourth-order valence-electron chi connectivity index (χ4n) is 2.83. The Kier molecular flexibility index (Phi) is 2.84. The van der Waals surface area contributed by atoms with Gasteiger partial charge < -0.3 is 16.2 Å². The van der Waals surface area contributed by atoms with Crippen molar-refractivity contribution in [3.05, 3.63) is 53.9 Å². The second-order valence-corrected chi connectivity index (χ2v) is 6.04. The molecule has 3 aromatic heterocycles. The molecule has 3 heterocycles. The molecule has 0 atom stereocenters. The van der Waals surface area contributed by atoms with Gasteiger partial charge in [-0.1, -0.05) is 18.1 Å². The lowest BCUT2D eigenvalue weighted by Crippen LogP contribution is -2.28. The van der Waals surface area contributed by atoms with Gasteiger partial charge in [-0.05, 0) is 18.2 Å². The molecule has 0 spiro atoms. The molecule has 31 heavy (non-hydrogen) atoms. The number of nitrogens with zero attached hydrogens (tertiary/aromatic N) is 6. The fourth-order valence-corrected chi connectivity index (χ4v) is 2.83. The molecule has 1 aromatic carbocycles. The van der Waals surface area contributed by atoms with Gasteiger partial charge in [-0.15, -0.1) is 0 Å². The zero-order chi connectivity index (χ0) is 30.6. The highest BCUT2D eigenvalue weighted by atomic mass is 19.1. The van der Waals surface area contributed by atoms with E-state index in [0.717, 1.165) is 4.68 Å². The fraction of sp³-hybridized carbons (Fsp3) is 0.150. The van der Waals surface area contributed by atoms with Crippen LogP contribution >= 0.6 is 0 Å². The quantitative estimate of drug-likeness (QED) is 0.501. The monoisotopic (exact) mass is 432 g/mol. The molecule has 158 valence electrons. The highest BCUT2D eigenvalue weighted by molar-refractivity contribution is 5.96. The molecule has 4 aromatic rings. The average molecular weight is 432 g/mol. The summed E-state index contributed by atoms with van der Waals surface area (Å²) in [7, 11) is -3.29. The van der Waals surface area contributed by atoms with Crippen molar-refractivity contribution in [1.29, 1.82) is 0 Å². The molecule has 0 aliphatic rings. The van der Waals surface area contributed by atoms with E-state index in [9.17, 15) is 9.18 Å². The van der Waals surface area contributed by atoms with Crippen LogP contribution in [-0.4, -0.2) is 44.8 Å². The number of benzene rings is 1. The summed E-state index contributed by atoms with van der Waals surface area (Å²) >= 11 is 0. The minimum absolute atomic E-state index is 0.0372. The van der Waals surface area contributed by atoms with Crippen molar-refractivity contribution in [2.24, 2.45) is 0 Å². The summed E-state index contributed by atoms with van der Waals surface area (Å²) in [4.78, 5) is 24.6. The SMILES string of the molecule is [2H]c1c([2H])c([2H])c(Cn2nc(-c3nc(N)c(N(C(=O)OC([2H])([2H])[2H])C([2H])([2H])[2H])c(N)n3)c3cccnc32)c(F)c1[2H]. The number of methoxy groups -OCH3 is 1. The largest absolute Gasteiger partial charge is 0.452 e. The van der Waals surface area contributed by atoms with Gasteiger partial charge in [0.2, 0.25) is 0 Å². The molecule has 4 N–H and O–H groups in total. The van der Waals surface area contributed by atoms with Crippen LogP contribution in [-0.2, 0) is 11.3 Å². The van der Waals surface area contributed by atoms with E-state index >= 15 is 0 Å². The number of rotatable bonds is 4. The number of amides is 1. The van der Waals surface area contributed by atoms with Gasteiger partial charge in [0.15, 0.2) is 23.1 Å². The molecule has 0 bridgehead atoms. The summed E-state index contributed by atoms with van der Waals surface area (Å²) in [5.74, 6) is -2.77. The van der Waals surface area contributed by atoms with E-state index < -0.39 is 79.5 Å². The lowest BCUT2D eigenvalue weighted by Gasteiger charge is -2.18. The second-order valence-electron chi connectivity index (χ2n) is 6.04. The van der Waals surface area contributed by atoms with Crippen LogP contribution in [0.3, 0.4) is 0 Å². The number of carbonyl (C=O) groups is 1. The molecule has 0 aliphatic heterocycles. The van der Waals surface area contributed by atoms with E-state index in [-0.39, 0.29) is 27.5 Å². The van der Waals surface area contributed by atoms with E-state index in [1.807, 2.05) is 0 Å². The highest BCUT2D eigenvalue weighted by Gasteiger charge is 2.23. The predicted octanol–water partition coefficient (Wildman–Crippen LogP) is 2.44. The van der Waals surface area contributed by atoms with Crippen LogP contribution in [0.25, 0.3) is 22.6 Å². The number of hydrogen-bond acceptors (Lipinski definition) is 8. The van der Waals surface area contributed by atoms with Gasteiger partial charge in [0.25, 0.3) is 0 Å². The Labute approximate surface area is 190 Å². The Balaban J connectivity index is 1.85. The smallest absolute Gasteiger partial charge is 0.413 e. The van der Waals surface area contributed by atoms with Gasteiger partial charge in [-0.3, -0.25) is 4.90 Å². The summed E-state index contributed by atoms with van der Waals surface area (Å²) in [5, 5.41) is 4.59. The van der Waals surface area contributed by atoms with E-state index in [1.54, 1.807) is 0 Å². The Morgan fingerprint density at radius 3 is 2.84 bits per heavy atom. The lowest BCUT2D eigenvalue weighted by molar-refractivity contribution is 0.180. The van der Waals surface area contributed by atoms with Crippen molar-refractivity contribution in [2.45, 2.75) is 6.54 Å². The summed E-state index contributed by atoms with van der Waals surface area (Å²) in [6.07, 6.45) is -0.425. The van der Waals surface area contributed by atoms with Gasteiger partial charge in [0.05, 0.1) is 28.6 Å². The maximum absolute atomic E-state index is 14.9. The van der Waals surface area contributed by atoms with Crippen LogP contribution in [0.15, 0.2) is 42.5 Å². The van der Waals surface area contributed by atoms with Crippen LogP contribution in [0.4, 0.5) is 26.5 Å². The molecule has 0 fully saturated rings. The molecule has 0 saturated carbocycles. The Hall–Kier alpha value is -4.28. The van der Waals surface area contributed by atoms with Crippen molar-refractivity contribution >= 4 is 34.4 Å². The number of nitrogen functional groups attached to an aromatic ring is 2. The topological polar surface area (TPSA) is 138 Å². The first kappa shape index (κ1) is 11.2. The number of ether oxygens (including phenoxy) is 1. The molecule has 0 radical (unpaired) electrons. The van der Waals surface area contributed by atoms with Crippen LogP contribution in [0.1, 0.15) is 19.3 Å². The molecular weight excluding hydrogens is 403 g/mol. The van der Waals surface area contributed by atoms with Gasteiger partial charge in [0, 0.05) is 22.8 Å². The van der Waals surface area contributed by atoms with Crippen molar-refractivity contribution in [3.63, 3.8) is 0 Å². The summed E-state index contributed by atoms with van der Waals surface area (Å²) in [6.45, 7) is -3.79. The molecule has 0 aliphatic carbocycles. The van der Waals surface area contributed by atoms with E-state index in [1.165, 1.54) is 18.3 Å². The maximum atomic E-state index is 14.9. The van der Waals surface area contributed by atoms with E-state index in [4.69, 9.17) is 25.2 Å². The summed E-state index contributed by atoms with van der Waals surface area (Å²) in [6, 6.07) is 0.188. The normalized spacial score (nSPS) is 16.4. The Morgan fingerprint density at radius 2 is 2.10 bits per heavy atom. The van der Waals surface area contributed by atoms with Crippen molar-refractivity contribution in [3.8, 4) is 11.5 Å². The second kappa shape index (κ2) is 7.86. The number of pyridine rings is 1. The zero-order valence-corrected chi connectivity index (χ0v) is 15.5. The van der Waals surface area contributed by atoms with Crippen molar-refractivity contribution < 1.29 is 27.6 Å². The number of fused-ring (bicyclic) bond motifs is 1. The maximum Gasteiger partial charge on any atom is 0.413 e. The van der Waals surface area contributed by atoms with Gasteiger partial charge in [0.1, 0.15) is 17.2 Å². The number of hydrogen-bond donors (Lipinski definition) is 2. The first-order chi connectivity index (χ1) is 18.9. The molecule has 0 saturated heterocycles. The molecular formula is C20H19FN8O2. The summed E-state index contributed by atoms with van der Waals surface area (Å²) in [5.41, 5.74) is 10.9. The number of nitrogens with two attached hydrogens (primary N) is 2. The highest BCUT2D eigenvalue weighted by Crippen LogP contribution is 2.32. The van der Waals surface area contributed by atoms with Gasteiger partial charge >= 0.3 is 6.09 Å². The third kappa shape index (κ3) is 3.56.